The second-order valence-electron chi connectivity index (χ2n) is 5.69. The van der Waals surface area contributed by atoms with Crippen LogP contribution in [0.1, 0.15) is 56.8 Å². The molecule has 1 fully saturated rings. The molecular formula is C16H26N2. The van der Waals surface area contributed by atoms with Gasteiger partial charge in [0.05, 0.1) is 5.69 Å². The van der Waals surface area contributed by atoms with Crippen LogP contribution >= 0.6 is 0 Å². The first-order valence-electron chi connectivity index (χ1n) is 7.41. The SMILES string of the molecule is Cc1cccc(CN[C@H](C)C2CCCCCC2)n1. The van der Waals surface area contributed by atoms with Crippen molar-refractivity contribution in [2.24, 2.45) is 5.92 Å². The van der Waals surface area contributed by atoms with Crippen LogP contribution in [0.15, 0.2) is 18.2 Å². The summed E-state index contributed by atoms with van der Waals surface area (Å²) in [6.45, 7) is 5.29. The highest BCUT2D eigenvalue weighted by molar-refractivity contribution is 5.09. The van der Waals surface area contributed by atoms with E-state index >= 15 is 0 Å². The Morgan fingerprint density at radius 1 is 1.22 bits per heavy atom. The fraction of sp³-hybridized carbons (Fsp3) is 0.688. The molecular weight excluding hydrogens is 220 g/mol. The predicted octanol–water partition coefficient (Wildman–Crippen LogP) is 3.84. The predicted molar refractivity (Wildman–Crippen MR) is 76.5 cm³/mol. The van der Waals surface area contributed by atoms with Crippen molar-refractivity contribution in [1.29, 1.82) is 0 Å². The lowest BCUT2D eigenvalue weighted by Crippen LogP contribution is -2.33. The van der Waals surface area contributed by atoms with Crippen LogP contribution in [0, 0.1) is 12.8 Å². The lowest BCUT2D eigenvalue weighted by Gasteiger charge is -2.23. The minimum absolute atomic E-state index is 0.616. The van der Waals surface area contributed by atoms with E-state index in [2.05, 4.69) is 42.3 Å². The number of nitrogens with one attached hydrogen (secondary N) is 1. The van der Waals surface area contributed by atoms with Gasteiger partial charge in [-0.15, -0.1) is 0 Å². The van der Waals surface area contributed by atoms with Crippen LogP contribution in [0.25, 0.3) is 0 Å². The molecule has 0 unspecified atom stereocenters. The highest BCUT2D eigenvalue weighted by Gasteiger charge is 2.18. The molecule has 0 spiro atoms. The number of hydrogen-bond acceptors (Lipinski definition) is 2. The second kappa shape index (κ2) is 6.89. The zero-order valence-corrected chi connectivity index (χ0v) is 11.8. The third-order valence-electron chi connectivity index (χ3n) is 4.16. The van der Waals surface area contributed by atoms with Gasteiger partial charge in [-0.05, 0) is 44.7 Å². The zero-order valence-electron chi connectivity index (χ0n) is 11.8. The fourth-order valence-electron chi connectivity index (χ4n) is 2.94. The third kappa shape index (κ3) is 4.09. The number of nitrogens with zero attached hydrogens (tertiary/aromatic N) is 1. The largest absolute Gasteiger partial charge is 0.308 e. The van der Waals surface area contributed by atoms with Crippen LogP contribution in [-0.4, -0.2) is 11.0 Å². The van der Waals surface area contributed by atoms with Crippen LogP contribution < -0.4 is 5.32 Å². The van der Waals surface area contributed by atoms with Crippen LogP contribution in [0.5, 0.6) is 0 Å². The number of aryl methyl sites for hydroxylation is 1. The highest BCUT2D eigenvalue weighted by Crippen LogP contribution is 2.25. The molecule has 2 heteroatoms. The number of hydrogen-bond donors (Lipinski definition) is 1. The molecule has 0 amide bonds. The number of aromatic nitrogens is 1. The van der Waals surface area contributed by atoms with Gasteiger partial charge in [0, 0.05) is 18.3 Å². The van der Waals surface area contributed by atoms with E-state index in [1.54, 1.807) is 0 Å². The number of pyridine rings is 1. The molecule has 0 aromatic carbocycles. The molecule has 2 nitrogen and oxygen atoms in total. The molecule has 0 bridgehead atoms. The maximum atomic E-state index is 4.55. The molecule has 1 saturated carbocycles. The molecule has 0 radical (unpaired) electrons. The average Bonchev–Trinajstić information content (AvgIpc) is 2.65. The van der Waals surface area contributed by atoms with Gasteiger partial charge in [-0.25, -0.2) is 0 Å². The van der Waals surface area contributed by atoms with Gasteiger partial charge >= 0.3 is 0 Å². The highest BCUT2D eigenvalue weighted by atomic mass is 14.9. The maximum absolute atomic E-state index is 4.55. The zero-order chi connectivity index (χ0) is 12.8. The molecule has 1 aromatic rings. The second-order valence-corrected chi connectivity index (χ2v) is 5.69. The van der Waals surface area contributed by atoms with Crippen LogP contribution in [0.4, 0.5) is 0 Å². The van der Waals surface area contributed by atoms with E-state index in [1.807, 2.05) is 0 Å². The molecule has 18 heavy (non-hydrogen) atoms. The minimum Gasteiger partial charge on any atom is -0.308 e. The lowest BCUT2D eigenvalue weighted by atomic mass is 9.93. The Bertz CT molecular complexity index is 354. The molecule has 100 valence electrons. The Morgan fingerprint density at radius 2 is 1.94 bits per heavy atom. The first-order chi connectivity index (χ1) is 8.75. The van der Waals surface area contributed by atoms with Crippen LogP contribution in [0.2, 0.25) is 0 Å². The van der Waals surface area contributed by atoms with Crippen LogP contribution in [0.3, 0.4) is 0 Å². The molecule has 0 saturated heterocycles. The first kappa shape index (κ1) is 13.5. The van der Waals surface area contributed by atoms with Gasteiger partial charge in [-0.2, -0.15) is 0 Å². The van der Waals surface area contributed by atoms with E-state index in [4.69, 9.17) is 0 Å². The Kier molecular flexibility index (Phi) is 5.18. The van der Waals surface area contributed by atoms with Crippen molar-refractivity contribution >= 4 is 0 Å². The van der Waals surface area contributed by atoms with Crippen molar-refractivity contribution in [2.75, 3.05) is 0 Å². The van der Waals surface area contributed by atoms with E-state index < -0.39 is 0 Å². The summed E-state index contributed by atoms with van der Waals surface area (Å²) in [5.41, 5.74) is 2.27. The lowest BCUT2D eigenvalue weighted by molar-refractivity contribution is 0.335. The normalized spacial score (nSPS) is 19.4. The van der Waals surface area contributed by atoms with Crippen molar-refractivity contribution in [1.82, 2.24) is 10.3 Å². The first-order valence-corrected chi connectivity index (χ1v) is 7.41. The van der Waals surface area contributed by atoms with Crippen molar-refractivity contribution in [3.63, 3.8) is 0 Å². The maximum Gasteiger partial charge on any atom is 0.0544 e. The summed E-state index contributed by atoms with van der Waals surface area (Å²) in [6, 6.07) is 6.87. The fourth-order valence-corrected chi connectivity index (χ4v) is 2.94. The molecule has 2 rings (SSSR count). The Balaban J connectivity index is 1.81. The van der Waals surface area contributed by atoms with Gasteiger partial charge < -0.3 is 5.32 Å². The van der Waals surface area contributed by atoms with Gasteiger partial charge in [0.25, 0.3) is 0 Å². The quantitative estimate of drug-likeness (QED) is 0.817. The monoisotopic (exact) mass is 246 g/mol. The molecule has 1 N–H and O–H groups in total. The summed E-state index contributed by atoms with van der Waals surface area (Å²) in [5, 5.41) is 3.66. The van der Waals surface area contributed by atoms with E-state index in [1.165, 1.54) is 38.5 Å². The van der Waals surface area contributed by atoms with Gasteiger partial charge in [0.1, 0.15) is 0 Å². The summed E-state index contributed by atoms with van der Waals surface area (Å²) in [6.07, 6.45) is 8.49. The van der Waals surface area contributed by atoms with Gasteiger partial charge in [-0.1, -0.05) is 31.7 Å². The summed E-state index contributed by atoms with van der Waals surface area (Å²) < 4.78 is 0. The molecule has 1 aliphatic rings. The summed E-state index contributed by atoms with van der Waals surface area (Å²) in [5.74, 6) is 0.859. The summed E-state index contributed by atoms with van der Waals surface area (Å²) in [7, 11) is 0. The van der Waals surface area contributed by atoms with Crippen molar-refractivity contribution in [3.05, 3.63) is 29.6 Å². The van der Waals surface area contributed by atoms with E-state index in [0.717, 1.165) is 23.9 Å². The Hall–Kier alpha value is -0.890. The Labute approximate surface area is 111 Å². The molecule has 1 atom stereocenters. The van der Waals surface area contributed by atoms with E-state index in [-0.39, 0.29) is 0 Å². The topological polar surface area (TPSA) is 24.9 Å². The third-order valence-corrected chi connectivity index (χ3v) is 4.16. The smallest absolute Gasteiger partial charge is 0.0544 e. The standard InChI is InChI=1S/C16H26N2/c1-13-8-7-11-16(18-13)12-17-14(2)15-9-5-3-4-6-10-15/h7-8,11,14-15,17H,3-6,9-10,12H2,1-2H3/t14-/m1/s1. The molecule has 0 aliphatic heterocycles. The van der Waals surface area contributed by atoms with Crippen molar-refractivity contribution < 1.29 is 0 Å². The van der Waals surface area contributed by atoms with E-state index in [0.29, 0.717) is 6.04 Å². The van der Waals surface area contributed by atoms with E-state index in [9.17, 15) is 0 Å². The molecule has 1 aliphatic carbocycles. The Morgan fingerprint density at radius 3 is 2.61 bits per heavy atom. The van der Waals surface area contributed by atoms with Crippen molar-refractivity contribution in [3.8, 4) is 0 Å². The summed E-state index contributed by atoms with van der Waals surface area (Å²) in [4.78, 5) is 4.55. The number of rotatable bonds is 4. The molecule has 1 heterocycles. The summed E-state index contributed by atoms with van der Waals surface area (Å²) >= 11 is 0. The van der Waals surface area contributed by atoms with Gasteiger partial charge in [0.2, 0.25) is 0 Å². The van der Waals surface area contributed by atoms with Crippen LogP contribution in [-0.2, 0) is 6.54 Å². The molecule has 1 aromatic heterocycles. The van der Waals surface area contributed by atoms with Gasteiger partial charge in [0.15, 0.2) is 0 Å². The van der Waals surface area contributed by atoms with Gasteiger partial charge in [-0.3, -0.25) is 4.98 Å². The van der Waals surface area contributed by atoms with Crippen molar-refractivity contribution in [2.45, 2.75) is 65.0 Å². The average molecular weight is 246 g/mol. The minimum atomic E-state index is 0.616.